The van der Waals surface area contributed by atoms with Gasteiger partial charge in [0.1, 0.15) is 0 Å². The first-order chi connectivity index (χ1) is 25.9. The number of ether oxygens (including phenoxy) is 2. The van der Waals surface area contributed by atoms with Gasteiger partial charge in [-0.25, -0.2) is 0 Å². The van der Waals surface area contributed by atoms with Gasteiger partial charge < -0.3 is 30.9 Å². The van der Waals surface area contributed by atoms with E-state index >= 15 is 0 Å². The van der Waals surface area contributed by atoms with Gasteiger partial charge in [0.25, 0.3) is 0 Å². The number of hydrogen-bond donors (Lipinski definition) is 4. The molecule has 0 radical (unpaired) electrons. The molecule has 1 aliphatic heterocycles. The lowest BCUT2D eigenvalue weighted by Crippen LogP contribution is -2.31. The zero-order chi connectivity index (χ0) is 36.8. The van der Waals surface area contributed by atoms with Crippen LogP contribution in [0.5, 0.6) is 0 Å². The van der Waals surface area contributed by atoms with Crippen molar-refractivity contribution in [2.75, 3.05) is 16.8 Å². The summed E-state index contributed by atoms with van der Waals surface area (Å²) >= 11 is 1.53. The largest absolute Gasteiger partial charge is 0.397 e. The third-order valence-electron chi connectivity index (χ3n) is 8.99. The van der Waals surface area contributed by atoms with Gasteiger partial charge in [0.15, 0.2) is 6.29 Å². The lowest BCUT2D eigenvalue weighted by Gasteiger charge is -2.36. The van der Waals surface area contributed by atoms with Crippen LogP contribution in [-0.4, -0.2) is 49.0 Å². The number of nitrogens with zero attached hydrogens (tertiary/aromatic N) is 4. The number of nitrogens with one attached hydrogen (secondary N) is 2. The molecule has 53 heavy (non-hydrogen) atoms. The van der Waals surface area contributed by atoms with Crippen LogP contribution >= 0.6 is 11.8 Å². The fourth-order valence-corrected chi connectivity index (χ4v) is 6.93. The van der Waals surface area contributed by atoms with E-state index in [4.69, 9.17) is 15.2 Å². The first kappa shape index (κ1) is 37.7. The molecule has 2 amide bonds. The number of para-hydroxylation sites is 3. The molecule has 1 aliphatic rings. The Morgan fingerprint density at radius 2 is 1.49 bits per heavy atom. The molecule has 3 atom stereocenters. The Morgan fingerprint density at radius 1 is 0.811 bits per heavy atom. The highest BCUT2D eigenvalue weighted by atomic mass is 32.2. The quantitative estimate of drug-likeness (QED) is 0.0460. The molecule has 12 nitrogen and oxygen atoms in total. The van der Waals surface area contributed by atoms with Crippen molar-refractivity contribution >= 4 is 35.0 Å². The van der Waals surface area contributed by atoms with E-state index in [0.29, 0.717) is 48.1 Å². The van der Waals surface area contributed by atoms with Gasteiger partial charge in [-0.05, 0) is 64.2 Å². The van der Waals surface area contributed by atoms with E-state index in [2.05, 4.69) is 26.2 Å². The Kier molecular flexibility index (Phi) is 13.6. The number of rotatable bonds is 17. The molecule has 1 fully saturated rings. The second-order valence-corrected chi connectivity index (χ2v) is 13.9. The number of aliphatic hydroxyl groups excluding tert-OH is 1. The number of thioether (sulfide) groups is 1. The van der Waals surface area contributed by atoms with Gasteiger partial charge in [-0.1, -0.05) is 103 Å². The van der Waals surface area contributed by atoms with E-state index in [1.54, 1.807) is 16.8 Å². The van der Waals surface area contributed by atoms with Crippen molar-refractivity contribution in [2.45, 2.75) is 81.8 Å². The standard InChI is InChI=1S/C40H45N7O5S/c41-34-12-8-9-13-35(34)43-38(50)15-7-2-1-6-14-37(49)42-25-28-16-22-31(23-17-28)39-51-33(24-36(52-39)30-20-18-29(26-48)19-21-30)27-53-40-44-45-46-47(40)32-10-4-3-5-11-32/h3-5,8-13,16-23,33,36,39,48H,1-2,6-7,14-15,24-27,41H2,(H,42,49)(H,43,50)/t33-,36+,39+/m1/s1. The second-order valence-electron chi connectivity index (χ2n) is 12.9. The highest BCUT2D eigenvalue weighted by Gasteiger charge is 2.32. The lowest BCUT2D eigenvalue weighted by molar-refractivity contribution is -0.245. The number of unbranched alkanes of at least 4 members (excludes halogenated alkanes) is 3. The Labute approximate surface area is 313 Å². The molecular formula is C40H45N7O5S. The summed E-state index contributed by atoms with van der Waals surface area (Å²) in [6.07, 6.45) is 3.78. The average Bonchev–Trinajstić information content (AvgIpc) is 3.68. The SMILES string of the molecule is Nc1ccccc1NC(=O)CCCCCCC(=O)NCc1ccc([C@H]2O[C@@H](CSc3nnnn3-c3ccccc3)C[C@@H](c3ccc(CO)cc3)O2)cc1. The van der Waals surface area contributed by atoms with Gasteiger partial charge in [0.2, 0.25) is 17.0 Å². The fourth-order valence-electron chi connectivity index (χ4n) is 6.02. The van der Waals surface area contributed by atoms with Crippen molar-refractivity contribution in [1.29, 1.82) is 0 Å². The number of nitrogen functional groups attached to an aromatic ring is 1. The number of benzene rings is 4. The minimum Gasteiger partial charge on any atom is -0.397 e. The summed E-state index contributed by atoms with van der Waals surface area (Å²) in [6, 6.07) is 32.7. The van der Waals surface area contributed by atoms with Crippen LogP contribution in [0.4, 0.5) is 11.4 Å². The van der Waals surface area contributed by atoms with Crippen molar-refractivity contribution in [2.24, 2.45) is 0 Å². The third kappa shape index (κ3) is 11.0. The predicted octanol–water partition coefficient (Wildman–Crippen LogP) is 6.67. The summed E-state index contributed by atoms with van der Waals surface area (Å²) in [5, 5.41) is 28.4. The van der Waals surface area contributed by atoms with Crippen LogP contribution < -0.4 is 16.4 Å². The maximum Gasteiger partial charge on any atom is 0.224 e. The summed E-state index contributed by atoms with van der Waals surface area (Å²) in [4.78, 5) is 24.7. The number of carbonyl (C=O) groups excluding carboxylic acids is 2. The number of aromatic nitrogens is 4. The molecule has 5 N–H and O–H groups in total. The van der Waals surface area contributed by atoms with Gasteiger partial charge in [-0.15, -0.1) is 5.10 Å². The number of nitrogens with two attached hydrogens (primary N) is 1. The smallest absolute Gasteiger partial charge is 0.224 e. The van der Waals surface area contributed by atoms with Crippen LogP contribution in [0.15, 0.2) is 108 Å². The Bertz CT molecular complexity index is 1910. The molecule has 0 bridgehead atoms. The highest BCUT2D eigenvalue weighted by molar-refractivity contribution is 7.99. The van der Waals surface area contributed by atoms with Crippen molar-refractivity contribution in [3.05, 3.63) is 125 Å². The number of tetrazole rings is 1. The lowest BCUT2D eigenvalue weighted by atomic mass is 10.0. The molecule has 276 valence electrons. The maximum absolute atomic E-state index is 12.5. The Hall–Kier alpha value is -5.08. The van der Waals surface area contributed by atoms with E-state index in [1.807, 2.05) is 91.0 Å². The van der Waals surface area contributed by atoms with Crippen LogP contribution in [0.1, 0.15) is 79.6 Å². The Balaban J connectivity index is 0.973. The number of anilines is 2. The predicted molar refractivity (Wildman–Crippen MR) is 204 cm³/mol. The zero-order valence-electron chi connectivity index (χ0n) is 29.5. The molecule has 0 unspecified atom stereocenters. The normalized spacial score (nSPS) is 17.0. The minimum absolute atomic E-state index is 0.000910. The summed E-state index contributed by atoms with van der Waals surface area (Å²) in [5.74, 6) is 0.555. The monoisotopic (exact) mass is 735 g/mol. The zero-order valence-corrected chi connectivity index (χ0v) is 30.3. The van der Waals surface area contributed by atoms with Crippen LogP contribution in [0.2, 0.25) is 0 Å². The van der Waals surface area contributed by atoms with Crippen molar-refractivity contribution in [3.63, 3.8) is 0 Å². The molecule has 6 rings (SSSR count). The molecule has 2 heterocycles. The number of hydrogen-bond acceptors (Lipinski definition) is 10. The van der Waals surface area contributed by atoms with E-state index in [0.717, 1.165) is 53.6 Å². The molecule has 1 saturated heterocycles. The fraction of sp³-hybridized carbons (Fsp3) is 0.325. The first-order valence-electron chi connectivity index (χ1n) is 17.9. The van der Waals surface area contributed by atoms with E-state index in [-0.39, 0.29) is 30.6 Å². The van der Waals surface area contributed by atoms with Crippen molar-refractivity contribution in [1.82, 2.24) is 25.5 Å². The third-order valence-corrected chi connectivity index (χ3v) is 10.0. The number of amides is 2. The molecule has 0 aliphatic carbocycles. The summed E-state index contributed by atoms with van der Waals surface area (Å²) in [5.41, 5.74) is 11.7. The molecular weight excluding hydrogens is 691 g/mol. The number of aliphatic hydroxyl groups is 1. The van der Waals surface area contributed by atoms with Crippen molar-refractivity contribution in [3.8, 4) is 5.69 Å². The molecule has 13 heteroatoms. The molecule has 4 aromatic carbocycles. The molecule has 0 spiro atoms. The van der Waals surface area contributed by atoms with E-state index in [9.17, 15) is 14.7 Å². The van der Waals surface area contributed by atoms with E-state index in [1.165, 1.54) is 11.8 Å². The van der Waals surface area contributed by atoms with E-state index < -0.39 is 6.29 Å². The van der Waals surface area contributed by atoms with Crippen LogP contribution in [0.25, 0.3) is 5.69 Å². The van der Waals surface area contributed by atoms with Crippen LogP contribution in [0.3, 0.4) is 0 Å². The van der Waals surface area contributed by atoms with Crippen molar-refractivity contribution < 1.29 is 24.2 Å². The van der Waals surface area contributed by atoms with Gasteiger partial charge in [0.05, 0.1) is 35.9 Å². The van der Waals surface area contributed by atoms with Crippen LogP contribution in [0, 0.1) is 0 Å². The van der Waals surface area contributed by atoms with Gasteiger partial charge in [-0.2, -0.15) is 4.68 Å². The van der Waals surface area contributed by atoms with Crippen LogP contribution in [-0.2, 0) is 32.2 Å². The summed E-state index contributed by atoms with van der Waals surface area (Å²) in [6.45, 7) is 0.400. The second kappa shape index (κ2) is 19.1. The maximum atomic E-state index is 12.5. The van der Waals surface area contributed by atoms with Gasteiger partial charge in [-0.3, -0.25) is 9.59 Å². The van der Waals surface area contributed by atoms with Gasteiger partial charge >= 0.3 is 0 Å². The number of carbonyl (C=O) groups is 2. The highest BCUT2D eigenvalue weighted by Crippen LogP contribution is 2.39. The Morgan fingerprint density at radius 3 is 2.23 bits per heavy atom. The molecule has 0 saturated carbocycles. The summed E-state index contributed by atoms with van der Waals surface area (Å²) in [7, 11) is 0. The average molecular weight is 736 g/mol. The first-order valence-corrected chi connectivity index (χ1v) is 18.9. The molecule has 5 aromatic rings. The summed E-state index contributed by atoms with van der Waals surface area (Å²) < 4.78 is 14.7. The van der Waals surface area contributed by atoms with Gasteiger partial charge in [0, 0.05) is 37.1 Å². The minimum atomic E-state index is -0.604. The topological polar surface area (TPSA) is 167 Å². The molecule has 1 aromatic heterocycles.